The van der Waals surface area contributed by atoms with E-state index in [4.69, 9.17) is 4.74 Å². The van der Waals surface area contributed by atoms with Gasteiger partial charge in [-0.05, 0) is 46.9 Å². The summed E-state index contributed by atoms with van der Waals surface area (Å²) in [5.74, 6) is 0.589. The van der Waals surface area contributed by atoms with Crippen molar-refractivity contribution in [3.8, 4) is 5.75 Å². The average Bonchev–Trinajstić information content (AvgIpc) is 2.53. The predicted octanol–water partition coefficient (Wildman–Crippen LogP) is 4.10. The molecular weight excluding hydrogens is 377 g/mol. The number of rotatable bonds is 4. The summed E-state index contributed by atoms with van der Waals surface area (Å²) in [5, 5.41) is 0.997. The van der Waals surface area contributed by atoms with Crippen molar-refractivity contribution in [1.29, 1.82) is 0 Å². The van der Waals surface area contributed by atoms with Crippen LogP contribution in [-0.4, -0.2) is 17.4 Å². The number of ketones is 1. The number of hydrogen-bond acceptors (Lipinski definition) is 3. The van der Waals surface area contributed by atoms with Gasteiger partial charge in [0.05, 0.1) is 0 Å². The molecule has 21 heavy (non-hydrogen) atoms. The number of carbonyl (C=O) groups is 1. The third-order valence-electron chi connectivity index (χ3n) is 3.12. The molecule has 2 aromatic carbocycles. The zero-order valence-electron chi connectivity index (χ0n) is 11.1. The van der Waals surface area contributed by atoms with E-state index in [1.165, 1.54) is 0 Å². The Labute approximate surface area is 136 Å². The van der Waals surface area contributed by atoms with Crippen LogP contribution < -0.4 is 4.74 Å². The monoisotopic (exact) mass is 389 g/mol. The highest BCUT2D eigenvalue weighted by molar-refractivity contribution is 14.1. The zero-order valence-corrected chi connectivity index (χ0v) is 13.3. The minimum Gasteiger partial charge on any atom is -0.483 e. The molecule has 0 N–H and O–H groups in total. The van der Waals surface area contributed by atoms with E-state index in [0.29, 0.717) is 11.3 Å². The topological polar surface area (TPSA) is 39.2 Å². The molecule has 4 heteroatoms. The van der Waals surface area contributed by atoms with Gasteiger partial charge in [-0.15, -0.1) is 0 Å². The van der Waals surface area contributed by atoms with Gasteiger partial charge in [-0.25, -0.2) is 0 Å². The molecular formula is C17H12INO2. The fraction of sp³-hybridized carbons (Fsp3) is 0.0588. The Balaban J connectivity index is 1.77. The molecule has 0 aliphatic carbocycles. The normalized spacial score (nSPS) is 10.5. The standard InChI is InChI=1S/C17H12INO2/c18-14-8-6-12(7-9-14)15(20)11-21-16-5-1-3-13-4-2-10-19-17(13)16/h1-10H,11H2. The molecule has 0 bridgehead atoms. The molecule has 1 aromatic heterocycles. The van der Waals surface area contributed by atoms with Gasteiger partial charge in [0.25, 0.3) is 0 Å². The Kier molecular flexibility index (Phi) is 4.15. The number of pyridine rings is 1. The number of aromatic nitrogens is 1. The van der Waals surface area contributed by atoms with Crippen LogP contribution in [0.3, 0.4) is 0 Å². The smallest absolute Gasteiger partial charge is 0.200 e. The molecule has 0 saturated heterocycles. The first-order chi connectivity index (χ1) is 10.2. The van der Waals surface area contributed by atoms with E-state index in [2.05, 4.69) is 27.6 Å². The summed E-state index contributed by atoms with van der Waals surface area (Å²) in [7, 11) is 0. The number of carbonyl (C=O) groups excluding carboxylic acids is 1. The third kappa shape index (κ3) is 3.21. The molecule has 3 rings (SSSR count). The van der Waals surface area contributed by atoms with Gasteiger partial charge in [0, 0.05) is 20.7 Å². The van der Waals surface area contributed by atoms with Crippen LogP contribution >= 0.6 is 22.6 Å². The van der Waals surface area contributed by atoms with Gasteiger partial charge in [-0.1, -0.05) is 30.3 Å². The van der Waals surface area contributed by atoms with Crippen LogP contribution in [0.25, 0.3) is 10.9 Å². The number of benzene rings is 2. The van der Waals surface area contributed by atoms with Crippen molar-refractivity contribution in [3.05, 3.63) is 69.9 Å². The van der Waals surface area contributed by atoms with Crippen molar-refractivity contribution < 1.29 is 9.53 Å². The number of hydrogen-bond donors (Lipinski definition) is 0. The van der Waals surface area contributed by atoms with Gasteiger partial charge in [0.15, 0.2) is 12.4 Å². The van der Waals surface area contributed by atoms with E-state index in [1.807, 2.05) is 54.6 Å². The average molecular weight is 389 g/mol. The van der Waals surface area contributed by atoms with E-state index in [9.17, 15) is 4.79 Å². The Hall–Kier alpha value is -1.95. The van der Waals surface area contributed by atoms with Crippen LogP contribution in [0.15, 0.2) is 60.8 Å². The van der Waals surface area contributed by atoms with E-state index >= 15 is 0 Å². The Morgan fingerprint density at radius 3 is 2.62 bits per heavy atom. The predicted molar refractivity (Wildman–Crippen MR) is 90.7 cm³/mol. The van der Waals surface area contributed by atoms with Crippen LogP contribution in [0.2, 0.25) is 0 Å². The number of nitrogens with zero attached hydrogens (tertiary/aromatic N) is 1. The molecule has 1 heterocycles. The summed E-state index contributed by atoms with van der Waals surface area (Å²) in [4.78, 5) is 16.4. The van der Waals surface area contributed by atoms with Crippen molar-refractivity contribution in [1.82, 2.24) is 4.98 Å². The molecule has 0 aliphatic rings. The second-order valence-corrected chi connectivity index (χ2v) is 5.80. The number of fused-ring (bicyclic) bond motifs is 1. The van der Waals surface area contributed by atoms with Crippen molar-refractivity contribution in [2.24, 2.45) is 0 Å². The fourth-order valence-corrected chi connectivity index (χ4v) is 2.41. The van der Waals surface area contributed by atoms with Gasteiger partial charge < -0.3 is 4.74 Å². The summed E-state index contributed by atoms with van der Waals surface area (Å²) >= 11 is 2.21. The second-order valence-electron chi connectivity index (χ2n) is 4.55. The molecule has 0 spiro atoms. The zero-order chi connectivity index (χ0) is 14.7. The SMILES string of the molecule is O=C(COc1cccc2cccnc12)c1ccc(I)cc1. The largest absolute Gasteiger partial charge is 0.483 e. The molecule has 0 unspecified atom stereocenters. The number of ether oxygens (including phenoxy) is 1. The number of halogens is 1. The maximum atomic E-state index is 12.1. The Morgan fingerprint density at radius 2 is 1.81 bits per heavy atom. The lowest BCUT2D eigenvalue weighted by Crippen LogP contribution is -2.11. The summed E-state index contributed by atoms with van der Waals surface area (Å²) < 4.78 is 6.75. The molecule has 104 valence electrons. The van der Waals surface area contributed by atoms with Crippen LogP contribution in [-0.2, 0) is 0 Å². The maximum absolute atomic E-state index is 12.1. The van der Waals surface area contributed by atoms with Crippen LogP contribution in [0.5, 0.6) is 5.75 Å². The highest BCUT2D eigenvalue weighted by Gasteiger charge is 2.08. The lowest BCUT2D eigenvalue weighted by Gasteiger charge is -2.08. The summed E-state index contributed by atoms with van der Waals surface area (Å²) in [6.45, 7) is 0.0102. The number of Topliss-reactive ketones (excluding diaryl/α,β-unsaturated/α-hetero) is 1. The molecule has 0 amide bonds. The Morgan fingerprint density at radius 1 is 1.05 bits per heavy atom. The summed E-state index contributed by atoms with van der Waals surface area (Å²) in [5.41, 5.74) is 1.43. The van der Waals surface area contributed by atoms with Crippen LogP contribution in [0.1, 0.15) is 10.4 Å². The van der Waals surface area contributed by atoms with Crippen molar-refractivity contribution in [3.63, 3.8) is 0 Å². The molecule has 0 saturated carbocycles. The third-order valence-corrected chi connectivity index (χ3v) is 3.84. The van der Waals surface area contributed by atoms with Crippen molar-refractivity contribution >= 4 is 39.3 Å². The van der Waals surface area contributed by atoms with Crippen LogP contribution in [0, 0.1) is 3.57 Å². The first kappa shape index (κ1) is 14.0. The van der Waals surface area contributed by atoms with Gasteiger partial charge in [0.2, 0.25) is 0 Å². The van der Waals surface area contributed by atoms with Gasteiger partial charge >= 0.3 is 0 Å². The quantitative estimate of drug-likeness (QED) is 0.498. The minimum atomic E-state index is -0.0423. The first-order valence-corrected chi connectivity index (χ1v) is 7.57. The van der Waals surface area contributed by atoms with Crippen LogP contribution in [0.4, 0.5) is 0 Å². The molecule has 0 aliphatic heterocycles. The van der Waals surface area contributed by atoms with Crippen molar-refractivity contribution in [2.75, 3.05) is 6.61 Å². The van der Waals surface area contributed by atoms with E-state index in [-0.39, 0.29) is 12.4 Å². The van der Waals surface area contributed by atoms with Gasteiger partial charge in [0.1, 0.15) is 11.3 Å². The highest BCUT2D eigenvalue weighted by atomic mass is 127. The minimum absolute atomic E-state index is 0.0102. The summed E-state index contributed by atoms with van der Waals surface area (Å²) in [6, 6.07) is 17.0. The second kappa shape index (κ2) is 6.22. The van der Waals surface area contributed by atoms with E-state index in [1.54, 1.807) is 6.20 Å². The molecule has 0 radical (unpaired) electrons. The van der Waals surface area contributed by atoms with Crippen molar-refractivity contribution in [2.45, 2.75) is 0 Å². The van der Waals surface area contributed by atoms with E-state index < -0.39 is 0 Å². The summed E-state index contributed by atoms with van der Waals surface area (Å²) in [6.07, 6.45) is 1.72. The van der Waals surface area contributed by atoms with Gasteiger partial charge in [-0.3, -0.25) is 9.78 Å². The van der Waals surface area contributed by atoms with Gasteiger partial charge in [-0.2, -0.15) is 0 Å². The molecule has 3 nitrogen and oxygen atoms in total. The molecule has 0 atom stereocenters. The lowest BCUT2D eigenvalue weighted by atomic mass is 10.1. The Bertz CT molecular complexity index is 779. The maximum Gasteiger partial charge on any atom is 0.200 e. The first-order valence-electron chi connectivity index (χ1n) is 6.49. The number of para-hydroxylation sites is 1. The lowest BCUT2D eigenvalue weighted by molar-refractivity contribution is 0.0922. The molecule has 0 fully saturated rings. The molecule has 3 aromatic rings. The highest BCUT2D eigenvalue weighted by Crippen LogP contribution is 2.23. The van der Waals surface area contributed by atoms with E-state index in [0.717, 1.165) is 14.5 Å². The fourth-order valence-electron chi connectivity index (χ4n) is 2.06.